The Morgan fingerprint density at radius 3 is 2.76 bits per heavy atom. The zero-order chi connectivity index (χ0) is 18.2. The van der Waals surface area contributed by atoms with Gasteiger partial charge in [0.1, 0.15) is 17.3 Å². The molecular formula is C18H22BrFN2O2S. The van der Waals surface area contributed by atoms with Crippen LogP contribution in [0.4, 0.5) is 9.18 Å². The molecule has 136 valence electrons. The number of carbonyl (C=O) groups excluding carboxylic acids is 1. The molecule has 25 heavy (non-hydrogen) atoms. The van der Waals surface area contributed by atoms with Gasteiger partial charge in [-0.1, -0.05) is 15.9 Å². The largest absolute Gasteiger partial charge is 0.444 e. The number of aliphatic imine (C=N–C) groups is 1. The third-order valence-corrected chi connectivity index (χ3v) is 6.46. The van der Waals surface area contributed by atoms with Gasteiger partial charge in [-0.2, -0.15) is 0 Å². The SMILES string of the molecule is CC(C)(C)OC(=O)NC1=NC(c2cc(Br)ccc2F)CSC12CCC2. The number of nitrogens with zero attached hydrogens (tertiary/aromatic N) is 1. The summed E-state index contributed by atoms with van der Waals surface area (Å²) in [5, 5.41) is 2.84. The number of rotatable bonds is 1. The zero-order valence-electron chi connectivity index (χ0n) is 14.6. The molecule has 1 unspecified atom stereocenters. The lowest BCUT2D eigenvalue weighted by atomic mass is 9.82. The highest BCUT2D eigenvalue weighted by Crippen LogP contribution is 2.49. The van der Waals surface area contributed by atoms with E-state index >= 15 is 0 Å². The van der Waals surface area contributed by atoms with E-state index in [2.05, 4.69) is 21.2 Å². The summed E-state index contributed by atoms with van der Waals surface area (Å²) in [6, 6.07) is 4.55. The fraction of sp³-hybridized carbons (Fsp3) is 0.556. The maximum Gasteiger partial charge on any atom is 0.413 e. The lowest BCUT2D eigenvalue weighted by Crippen LogP contribution is -2.54. The van der Waals surface area contributed by atoms with Crippen LogP contribution in [-0.4, -0.2) is 28.0 Å². The zero-order valence-corrected chi connectivity index (χ0v) is 17.0. The molecule has 0 bridgehead atoms. The van der Waals surface area contributed by atoms with E-state index in [-0.39, 0.29) is 16.6 Å². The van der Waals surface area contributed by atoms with E-state index in [1.54, 1.807) is 23.9 Å². The van der Waals surface area contributed by atoms with Gasteiger partial charge >= 0.3 is 6.09 Å². The third kappa shape index (κ3) is 4.19. The Balaban J connectivity index is 1.87. The van der Waals surface area contributed by atoms with Crippen molar-refractivity contribution in [3.8, 4) is 0 Å². The van der Waals surface area contributed by atoms with Crippen molar-refractivity contribution in [1.82, 2.24) is 5.32 Å². The Bertz CT molecular complexity index is 714. The average Bonchev–Trinajstić information content (AvgIpc) is 2.46. The van der Waals surface area contributed by atoms with Crippen molar-refractivity contribution >= 4 is 39.6 Å². The molecule has 7 heteroatoms. The van der Waals surface area contributed by atoms with Gasteiger partial charge in [-0.15, -0.1) is 11.8 Å². The Morgan fingerprint density at radius 2 is 2.16 bits per heavy atom. The Hall–Kier alpha value is -1.08. The van der Waals surface area contributed by atoms with Crippen LogP contribution >= 0.6 is 27.7 Å². The summed E-state index contributed by atoms with van der Waals surface area (Å²) in [6.07, 6.45) is 2.55. The molecule has 1 atom stereocenters. The lowest BCUT2D eigenvalue weighted by Gasteiger charge is -2.45. The molecule has 1 aliphatic heterocycles. The summed E-state index contributed by atoms with van der Waals surface area (Å²) in [5.41, 5.74) is -0.0331. The van der Waals surface area contributed by atoms with Crippen molar-refractivity contribution < 1.29 is 13.9 Å². The molecule has 3 rings (SSSR count). The minimum absolute atomic E-state index is 0.157. The summed E-state index contributed by atoms with van der Waals surface area (Å²) in [7, 11) is 0. The van der Waals surface area contributed by atoms with E-state index in [0.717, 1.165) is 23.7 Å². The predicted molar refractivity (Wildman–Crippen MR) is 103 cm³/mol. The number of thioether (sulfide) groups is 1. The van der Waals surface area contributed by atoms with Crippen molar-refractivity contribution in [3.05, 3.63) is 34.1 Å². The van der Waals surface area contributed by atoms with E-state index in [9.17, 15) is 9.18 Å². The number of alkyl carbamates (subject to hydrolysis) is 1. The Kier molecular flexibility index (Phi) is 5.17. The van der Waals surface area contributed by atoms with Crippen LogP contribution in [0.5, 0.6) is 0 Å². The first-order valence-corrected chi connectivity index (χ1v) is 10.1. The Labute approximate surface area is 160 Å². The average molecular weight is 429 g/mol. The normalized spacial score (nSPS) is 22.1. The molecule has 0 radical (unpaired) electrons. The van der Waals surface area contributed by atoms with Gasteiger partial charge < -0.3 is 4.74 Å². The van der Waals surface area contributed by atoms with Crippen LogP contribution in [0.3, 0.4) is 0 Å². The molecule has 1 aliphatic carbocycles. The quantitative estimate of drug-likeness (QED) is 0.666. The number of benzene rings is 1. The van der Waals surface area contributed by atoms with Crippen LogP contribution in [0, 0.1) is 5.82 Å². The van der Waals surface area contributed by atoms with Crippen LogP contribution in [0.2, 0.25) is 0 Å². The monoisotopic (exact) mass is 428 g/mol. The maximum absolute atomic E-state index is 14.2. The van der Waals surface area contributed by atoms with E-state index < -0.39 is 11.7 Å². The van der Waals surface area contributed by atoms with Crippen LogP contribution in [0.15, 0.2) is 27.7 Å². The summed E-state index contributed by atoms with van der Waals surface area (Å²) >= 11 is 5.14. The molecule has 1 heterocycles. The molecule has 1 saturated carbocycles. The Morgan fingerprint density at radius 1 is 1.44 bits per heavy atom. The fourth-order valence-corrected chi connectivity index (χ4v) is 4.90. The number of nitrogens with one attached hydrogen (secondary N) is 1. The second kappa shape index (κ2) is 6.91. The highest BCUT2D eigenvalue weighted by Gasteiger charge is 2.47. The maximum atomic E-state index is 14.2. The third-order valence-electron chi connectivity index (χ3n) is 4.33. The minimum atomic E-state index is -0.574. The first kappa shape index (κ1) is 18.7. The molecule has 1 spiro atoms. The molecule has 1 amide bonds. The number of ether oxygens (including phenoxy) is 1. The smallest absolute Gasteiger partial charge is 0.413 e. The molecule has 1 N–H and O–H groups in total. The highest BCUT2D eigenvalue weighted by molar-refractivity contribution is 9.10. The minimum Gasteiger partial charge on any atom is -0.444 e. The number of amides is 1. The first-order valence-electron chi connectivity index (χ1n) is 8.36. The van der Waals surface area contributed by atoms with E-state index in [1.165, 1.54) is 6.07 Å². The summed E-state index contributed by atoms with van der Waals surface area (Å²) in [6.45, 7) is 5.47. The number of carbonyl (C=O) groups is 1. The molecular weight excluding hydrogens is 407 g/mol. The van der Waals surface area contributed by atoms with Gasteiger partial charge in [-0.25, -0.2) is 9.18 Å². The topological polar surface area (TPSA) is 50.7 Å². The molecule has 0 aromatic heterocycles. The van der Waals surface area contributed by atoms with Crippen molar-refractivity contribution in [2.24, 2.45) is 4.99 Å². The van der Waals surface area contributed by atoms with Crippen LogP contribution in [0.1, 0.15) is 51.6 Å². The van der Waals surface area contributed by atoms with Gasteiger partial charge in [0.2, 0.25) is 0 Å². The van der Waals surface area contributed by atoms with E-state index in [1.807, 2.05) is 20.8 Å². The molecule has 0 saturated heterocycles. The molecule has 1 fully saturated rings. The van der Waals surface area contributed by atoms with Gasteiger partial charge in [0, 0.05) is 15.8 Å². The molecule has 1 aromatic rings. The van der Waals surface area contributed by atoms with Crippen molar-refractivity contribution in [3.63, 3.8) is 0 Å². The van der Waals surface area contributed by atoms with Crippen molar-refractivity contribution in [2.75, 3.05) is 5.75 Å². The first-order chi connectivity index (χ1) is 11.7. The summed E-state index contributed by atoms with van der Waals surface area (Å²) in [5.74, 6) is 1.04. The molecule has 2 aliphatic rings. The highest BCUT2D eigenvalue weighted by atomic mass is 79.9. The van der Waals surface area contributed by atoms with Crippen LogP contribution in [0.25, 0.3) is 0 Å². The van der Waals surface area contributed by atoms with Gasteiger partial charge in [0.15, 0.2) is 0 Å². The number of hydrogen-bond donors (Lipinski definition) is 1. The number of hydrogen-bond acceptors (Lipinski definition) is 4. The summed E-state index contributed by atoms with van der Waals surface area (Å²) in [4.78, 5) is 16.9. The molecule has 1 aromatic carbocycles. The van der Waals surface area contributed by atoms with Crippen molar-refractivity contribution in [1.29, 1.82) is 0 Å². The van der Waals surface area contributed by atoms with Crippen LogP contribution in [-0.2, 0) is 4.74 Å². The van der Waals surface area contributed by atoms with Crippen molar-refractivity contribution in [2.45, 2.75) is 56.4 Å². The lowest BCUT2D eigenvalue weighted by molar-refractivity contribution is 0.0559. The summed E-state index contributed by atoms with van der Waals surface area (Å²) < 4.78 is 20.3. The second-order valence-electron chi connectivity index (χ2n) is 7.45. The van der Waals surface area contributed by atoms with Gasteiger partial charge in [0.25, 0.3) is 0 Å². The molecule has 4 nitrogen and oxygen atoms in total. The van der Waals surface area contributed by atoms with Gasteiger partial charge in [-0.3, -0.25) is 10.3 Å². The standard InChI is InChI=1S/C18H22BrFN2O2S/c1-17(2,3)24-16(23)22-15-18(7-4-8-18)25-10-14(21-15)12-9-11(19)5-6-13(12)20/h5-6,9,14H,4,7-8,10H2,1-3H3,(H,21,22,23). The van der Waals surface area contributed by atoms with Gasteiger partial charge in [0.05, 0.1) is 10.8 Å². The number of amidine groups is 1. The fourth-order valence-electron chi connectivity index (χ4n) is 2.97. The second-order valence-corrected chi connectivity index (χ2v) is 9.76. The van der Waals surface area contributed by atoms with Gasteiger partial charge in [-0.05, 0) is 58.2 Å². The number of halogens is 2. The van der Waals surface area contributed by atoms with E-state index in [0.29, 0.717) is 17.2 Å². The van der Waals surface area contributed by atoms with Crippen LogP contribution < -0.4 is 5.32 Å². The van der Waals surface area contributed by atoms with E-state index in [4.69, 9.17) is 9.73 Å². The predicted octanol–water partition coefficient (Wildman–Crippen LogP) is 5.22.